The summed E-state index contributed by atoms with van der Waals surface area (Å²) < 4.78 is 5.57. The Balaban J connectivity index is 1.73. The van der Waals surface area contributed by atoms with Gasteiger partial charge in [0, 0.05) is 6.42 Å². The van der Waals surface area contributed by atoms with Gasteiger partial charge < -0.3 is 4.42 Å². The molecule has 0 radical (unpaired) electrons. The van der Waals surface area contributed by atoms with Crippen molar-refractivity contribution < 1.29 is 9.21 Å². The average molecular weight is 365 g/mol. The molecule has 1 amide bonds. The number of halogens is 1. The van der Waals surface area contributed by atoms with Gasteiger partial charge in [-0.25, -0.2) is 5.01 Å². The second-order valence-electron chi connectivity index (χ2n) is 6.28. The van der Waals surface area contributed by atoms with Gasteiger partial charge in [-0.2, -0.15) is 5.10 Å². The molecule has 0 saturated carbocycles. The molecular weight excluding hydrogens is 348 g/mol. The minimum absolute atomic E-state index is 0.237. The van der Waals surface area contributed by atoms with E-state index in [1.54, 1.807) is 30.5 Å². The van der Waals surface area contributed by atoms with Crippen molar-refractivity contribution in [1.29, 1.82) is 0 Å². The fourth-order valence-electron chi connectivity index (χ4n) is 3.08. The third-order valence-electron chi connectivity index (χ3n) is 4.48. The summed E-state index contributed by atoms with van der Waals surface area (Å²) >= 11 is 6.22. The Labute approximate surface area is 156 Å². The molecule has 1 aliphatic heterocycles. The topological polar surface area (TPSA) is 45.8 Å². The zero-order chi connectivity index (χ0) is 18.1. The van der Waals surface area contributed by atoms with Crippen molar-refractivity contribution in [2.75, 3.05) is 0 Å². The molecule has 0 bridgehead atoms. The van der Waals surface area contributed by atoms with E-state index in [-0.39, 0.29) is 11.9 Å². The molecule has 4 rings (SSSR count). The predicted molar refractivity (Wildman–Crippen MR) is 101 cm³/mol. The highest BCUT2D eigenvalue weighted by Gasteiger charge is 2.35. The summed E-state index contributed by atoms with van der Waals surface area (Å²) in [6.07, 6.45) is 2.20. The van der Waals surface area contributed by atoms with E-state index in [9.17, 15) is 4.79 Å². The van der Waals surface area contributed by atoms with Crippen LogP contribution in [0.3, 0.4) is 0 Å². The van der Waals surface area contributed by atoms with Crippen molar-refractivity contribution >= 4 is 23.2 Å². The van der Waals surface area contributed by atoms with E-state index >= 15 is 0 Å². The molecule has 1 aromatic heterocycles. The molecule has 1 aliphatic rings. The maximum absolute atomic E-state index is 13.1. The molecule has 1 atom stereocenters. The highest BCUT2D eigenvalue weighted by molar-refractivity contribution is 6.33. The van der Waals surface area contributed by atoms with Gasteiger partial charge in [0.05, 0.1) is 22.6 Å². The number of amides is 1. The van der Waals surface area contributed by atoms with Crippen LogP contribution in [0.2, 0.25) is 5.02 Å². The van der Waals surface area contributed by atoms with Crippen molar-refractivity contribution in [2.24, 2.45) is 5.10 Å². The molecule has 0 N–H and O–H groups in total. The van der Waals surface area contributed by atoms with Crippen molar-refractivity contribution in [3.8, 4) is 0 Å². The fourth-order valence-corrected chi connectivity index (χ4v) is 3.30. The molecule has 4 nitrogen and oxygen atoms in total. The first kappa shape index (κ1) is 16.6. The van der Waals surface area contributed by atoms with Crippen LogP contribution in [0, 0.1) is 6.92 Å². The zero-order valence-electron chi connectivity index (χ0n) is 14.2. The first-order valence-corrected chi connectivity index (χ1v) is 8.77. The fraction of sp³-hybridized carbons (Fsp3) is 0.143. The van der Waals surface area contributed by atoms with E-state index in [2.05, 4.69) is 5.10 Å². The van der Waals surface area contributed by atoms with Gasteiger partial charge in [-0.3, -0.25) is 4.79 Å². The Morgan fingerprint density at radius 2 is 1.88 bits per heavy atom. The van der Waals surface area contributed by atoms with Gasteiger partial charge >= 0.3 is 0 Å². The summed E-state index contributed by atoms with van der Waals surface area (Å²) in [5.41, 5.74) is 3.46. The van der Waals surface area contributed by atoms with Crippen LogP contribution in [0.25, 0.3) is 0 Å². The summed E-state index contributed by atoms with van der Waals surface area (Å²) in [6.45, 7) is 2.04. The zero-order valence-corrected chi connectivity index (χ0v) is 15.0. The number of carbonyl (C=O) groups is 1. The Hall–Kier alpha value is -2.85. The normalized spacial score (nSPS) is 16.6. The summed E-state index contributed by atoms with van der Waals surface area (Å²) in [4.78, 5) is 13.1. The molecular formula is C21H17ClN2O2. The van der Waals surface area contributed by atoms with E-state index < -0.39 is 0 Å². The summed E-state index contributed by atoms with van der Waals surface area (Å²) in [6, 6.07) is 18.5. The van der Waals surface area contributed by atoms with E-state index in [1.807, 2.05) is 43.3 Å². The van der Waals surface area contributed by atoms with E-state index in [1.165, 1.54) is 10.6 Å². The molecule has 0 aliphatic carbocycles. The van der Waals surface area contributed by atoms with Gasteiger partial charge in [-0.15, -0.1) is 0 Å². The van der Waals surface area contributed by atoms with Crippen LogP contribution in [-0.4, -0.2) is 16.6 Å². The van der Waals surface area contributed by atoms with Gasteiger partial charge in [0.2, 0.25) is 0 Å². The lowest BCUT2D eigenvalue weighted by Crippen LogP contribution is -2.27. The number of benzene rings is 2. The molecule has 0 saturated heterocycles. The van der Waals surface area contributed by atoms with Crippen LogP contribution in [-0.2, 0) is 0 Å². The van der Waals surface area contributed by atoms with Crippen molar-refractivity contribution in [1.82, 2.24) is 5.01 Å². The second-order valence-corrected chi connectivity index (χ2v) is 6.68. The van der Waals surface area contributed by atoms with E-state index in [0.717, 1.165) is 11.3 Å². The molecule has 5 heteroatoms. The largest absolute Gasteiger partial charge is 0.467 e. The van der Waals surface area contributed by atoms with Crippen LogP contribution in [0.15, 0.2) is 76.4 Å². The SMILES string of the molecule is Cc1ccc(C2=NN(C(=O)c3ccccc3Cl)[C@H](c3ccco3)C2)cc1. The van der Waals surface area contributed by atoms with Crippen LogP contribution < -0.4 is 0 Å². The van der Waals surface area contributed by atoms with Crippen LogP contribution >= 0.6 is 11.6 Å². The lowest BCUT2D eigenvalue weighted by Gasteiger charge is -2.20. The van der Waals surface area contributed by atoms with Gasteiger partial charge in [0.25, 0.3) is 5.91 Å². The highest BCUT2D eigenvalue weighted by Crippen LogP contribution is 2.35. The minimum Gasteiger partial charge on any atom is -0.467 e. The van der Waals surface area contributed by atoms with E-state index in [4.69, 9.17) is 16.0 Å². The van der Waals surface area contributed by atoms with Gasteiger partial charge in [-0.1, -0.05) is 53.6 Å². The highest BCUT2D eigenvalue weighted by atomic mass is 35.5. The Morgan fingerprint density at radius 3 is 2.58 bits per heavy atom. The average Bonchev–Trinajstić information content (AvgIpc) is 3.32. The Kier molecular flexibility index (Phi) is 4.35. The molecule has 0 fully saturated rings. The first-order chi connectivity index (χ1) is 12.6. The third-order valence-corrected chi connectivity index (χ3v) is 4.81. The molecule has 130 valence electrons. The number of furan rings is 1. The van der Waals surface area contributed by atoms with Crippen molar-refractivity contribution in [3.63, 3.8) is 0 Å². The maximum atomic E-state index is 13.1. The summed E-state index contributed by atoms with van der Waals surface area (Å²) in [5.74, 6) is 0.468. The number of carbonyl (C=O) groups excluding carboxylic acids is 1. The van der Waals surface area contributed by atoms with Crippen LogP contribution in [0.4, 0.5) is 0 Å². The predicted octanol–water partition coefficient (Wildman–Crippen LogP) is 5.23. The van der Waals surface area contributed by atoms with E-state index in [0.29, 0.717) is 22.8 Å². The number of hydrogen-bond donors (Lipinski definition) is 0. The Morgan fingerprint density at radius 1 is 1.12 bits per heavy atom. The van der Waals surface area contributed by atoms with Gasteiger partial charge in [-0.05, 0) is 36.8 Å². The molecule has 0 spiro atoms. The number of nitrogens with zero attached hydrogens (tertiary/aromatic N) is 2. The summed E-state index contributed by atoms with van der Waals surface area (Å²) in [5, 5.41) is 6.52. The van der Waals surface area contributed by atoms with Gasteiger partial charge in [0.15, 0.2) is 0 Å². The lowest BCUT2D eigenvalue weighted by atomic mass is 10.0. The Bertz CT molecular complexity index is 962. The second kappa shape index (κ2) is 6.81. The molecule has 26 heavy (non-hydrogen) atoms. The molecule has 2 heterocycles. The number of hydrazone groups is 1. The number of rotatable bonds is 3. The maximum Gasteiger partial charge on any atom is 0.276 e. The van der Waals surface area contributed by atoms with Crippen molar-refractivity contribution in [2.45, 2.75) is 19.4 Å². The first-order valence-electron chi connectivity index (χ1n) is 8.39. The van der Waals surface area contributed by atoms with Gasteiger partial charge in [0.1, 0.15) is 11.8 Å². The summed E-state index contributed by atoms with van der Waals surface area (Å²) in [7, 11) is 0. The monoisotopic (exact) mass is 364 g/mol. The molecule has 2 aromatic carbocycles. The molecule has 0 unspecified atom stereocenters. The minimum atomic E-state index is -0.287. The van der Waals surface area contributed by atoms with Crippen LogP contribution in [0.1, 0.15) is 39.7 Å². The quantitative estimate of drug-likeness (QED) is 0.638. The smallest absolute Gasteiger partial charge is 0.276 e. The molecule has 3 aromatic rings. The number of aryl methyl sites for hydroxylation is 1. The third kappa shape index (κ3) is 3.04. The number of hydrogen-bond acceptors (Lipinski definition) is 3. The standard InChI is InChI=1S/C21H17ClN2O2/c1-14-8-10-15(11-9-14)18-13-19(20-7-4-12-26-20)24(23-18)21(25)16-5-2-3-6-17(16)22/h2-12,19H,13H2,1H3/t19-/m0/s1. The van der Waals surface area contributed by atoms with Crippen LogP contribution in [0.5, 0.6) is 0 Å². The lowest BCUT2D eigenvalue weighted by molar-refractivity contribution is 0.0693. The van der Waals surface area contributed by atoms with Crippen molar-refractivity contribution in [3.05, 3.63) is 94.4 Å².